The van der Waals surface area contributed by atoms with Gasteiger partial charge in [0.1, 0.15) is 17.1 Å². The third-order valence-electron chi connectivity index (χ3n) is 7.27. The van der Waals surface area contributed by atoms with E-state index in [-0.39, 0.29) is 24.6 Å². The number of carbonyl (C=O) groups is 5. The standard InChI is InChI=1S/C27H28N6O7/c1-13-5-6-17(39-4)10-18(13)21(34)33(3)12-26(22(35)29-24(37)31-26)20-9-15-8-16(14(2)7-19(15)40-20)11-27(28)23(36)30-25(38)32-27/h5-10H,11-12,28H2,1-4H3,(H2,29,31,35,37)(H2,30,32,36,38)/t26-,27?/m0/s1. The molecular weight excluding hydrogens is 520 g/mol. The molecular formula is C27H28N6O7. The molecule has 2 aromatic carbocycles. The summed E-state index contributed by atoms with van der Waals surface area (Å²) < 4.78 is 11.3. The summed E-state index contributed by atoms with van der Waals surface area (Å²) in [6.45, 7) is 3.34. The Morgan fingerprint density at radius 1 is 0.975 bits per heavy atom. The number of urea groups is 2. The number of fused-ring (bicyclic) bond motifs is 1. The Morgan fingerprint density at radius 2 is 1.68 bits per heavy atom. The van der Waals surface area contributed by atoms with Crippen LogP contribution < -0.4 is 31.7 Å². The summed E-state index contributed by atoms with van der Waals surface area (Å²) in [6.07, 6.45) is 0.00630. The maximum atomic E-state index is 13.4. The van der Waals surface area contributed by atoms with Gasteiger partial charge in [-0.25, -0.2) is 9.59 Å². The SMILES string of the molecule is COc1ccc(C)c(C(=O)N(C)C[C@@]2(c3cc4cc(CC5(N)NC(=O)NC5=O)c(C)cc4o3)NC(=O)NC2=O)c1. The highest BCUT2D eigenvalue weighted by Crippen LogP contribution is 2.34. The minimum absolute atomic E-state index is 0.00630. The van der Waals surface area contributed by atoms with E-state index in [4.69, 9.17) is 14.9 Å². The smallest absolute Gasteiger partial charge is 0.323 e. The first-order chi connectivity index (χ1) is 18.8. The molecule has 2 saturated heterocycles. The molecule has 208 valence electrons. The van der Waals surface area contributed by atoms with Crippen LogP contribution in [0.2, 0.25) is 0 Å². The van der Waals surface area contributed by atoms with Gasteiger partial charge in [-0.05, 0) is 60.9 Å². The third kappa shape index (κ3) is 4.39. The Hall–Kier alpha value is -4.91. The number of imide groups is 2. The summed E-state index contributed by atoms with van der Waals surface area (Å²) in [5.41, 5.74) is 5.70. The Labute approximate surface area is 228 Å². The minimum atomic E-state index is -1.71. The minimum Gasteiger partial charge on any atom is -0.497 e. The maximum Gasteiger partial charge on any atom is 0.323 e. The van der Waals surface area contributed by atoms with E-state index in [9.17, 15) is 24.0 Å². The van der Waals surface area contributed by atoms with E-state index in [1.54, 1.807) is 50.2 Å². The van der Waals surface area contributed by atoms with Crippen molar-refractivity contribution in [2.45, 2.75) is 31.5 Å². The molecule has 3 heterocycles. The first-order valence-corrected chi connectivity index (χ1v) is 12.3. The van der Waals surface area contributed by atoms with Gasteiger partial charge in [0, 0.05) is 24.4 Å². The first kappa shape index (κ1) is 26.7. The lowest BCUT2D eigenvalue weighted by Gasteiger charge is -2.29. The van der Waals surface area contributed by atoms with Crippen LogP contribution in [0.5, 0.6) is 5.75 Å². The largest absolute Gasteiger partial charge is 0.497 e. The van der Waals surface area contributed by atoms with E-state index in [0.29, 0.717) is 33.4 Å². The van der Waals surface area contributed by atoms with Crippen molar-refractivity contribution < 1.29 is 33.1 Å². The van der Waals surface area contributed by atoms with Crippen molar-refractivity contribution in [3.63, 3.8) is 0 Å². The fourth-order valence-corrected chi connectivity index (χ4v) is 5.01. The number of nitrogens with zero attached hydrogens (tertiary/aromatic N) is 1. The molecule has 13 heteroatoms. The van der Waals surface area contributed by atoms with Gasteiger partial charge in [-0.3, -0.25) is 25.0 Å². The zero-order chi connectivity index (χ0) is 29.0. The second-order valence-electron chi connectivity index (χ2n) is 10.1. The molecule has 0 saturated carbocycles. The van der Waals surface area contributed by atoms with E-state index in [2.05, 4.69) is 21.3 Å². The number of aryl methyl sites for hydroxylation is 2. The molecule has 1 unspecified atom stereocenters. The number of furan rings is 1. The number of nitrogens with one attached hydrogen (secondary N) is 4. The Bertz CT molecular complexity index is 1610. The molecule has 0 radical (unpaired) electrons. The number of nitrogens with two attached hydrogens (primary N) is 1. The lowest BCUT2D eigenvalue weighted by atomic mass is 9.93. The lowest BCUT2D eigenvalue weighted by molar-refractivity contribution is -0.125. The summed E-state index contributed by atoms with van der Waals surface area (Å²) >= 11 is 0. The number of hydrogen-bond acceptors (Lipinski definition) is 8. The van der Waals surface area contributed by atoms with Gasteiger partial charge in [-0.1, -0.05) is 6.07 Å². The summed E-state index contributed by atoms with van der Waals surface area (Å²) in [4.78, 5) is 64.1. The van der Waals surface area contributed by atoms with E-state index in [1.807, 2.05) is 0 Å². The Kier molecular flexibility index (Phi) is 6.26. The molecule has 5 rings (SSSR count). The molecule has 6 N–H and O–H groups in total. The molecule has 0 aliphatic carbocycles. The van der Waals surface area contributed by atoms with Crippen LogP contribution >= 0.6 is 0 Å². The predicted molar refractivity (Wildman–Crippen MR) is 141 cm³/mol. The predicted octanol–water partition coefficient (Wildman–Crippen LogP) is 0.902. The molecule has 2 aliphatic rings. The third-order valence-corrected chi connectivity index (χ3v) is 7.27. The van der Waals surface area contributed by atoms with Crippen LogP contribution in [-0.2, 0) is 21.5 Å². The average molecular weight is 549 g/mol. The molecule has 7 amide bonds. The van der Waals surface area contributed by atoms with Crippen molar-refractivity contribution in [1.29, 1.82) is 0 Å². The highest BCUT2D eigenvalue weighted by Gasteiger charge is 2.52. The number of ether oxygens (including phenoxy) is 1. The molecule has 2 aliphatic heterocycles. The fraction of sp³-hybridized carbons (Fsp3) is 0.296. The average Bonchev–Trinajstić information content (AvgIpc) is 3.51. The van der Waals surface area contributed by atoms with Crippen molar-refractivity contribution in [3.8, 4) is 5.75 Å². The number of hydrogen-bond donors (Lipinski definition) is 5. The van der Waals surface area contributed by atoms with Crippen LogP contribution in [0, 0.1) is 13.8 Å². The molecule has 13 nitrogen and oxygen atoms in total. The van der Waals surface area contributed by atoms with Gasteiger partial charge in [0.25, 0.3) is 17.7 Å². The summed E-state index contributed by atoms with van der Waals surface area (Å²) in [6, 6.07) is 8.74. The summed E-state index contributed by atoms with van der Waals surface area (Å²) in [5, 5.41) is 10.0. The molecule has 3 aromatic rings. The maximum absolute atomic E-state index is 13.4. The van der Waals surface area contributed by atoms with Gasteiger partial charge in [-0.2, -0.15) is 0 Å². The summed E-state index contributed by atoms with van der Waals surface area (Å²) in [5.74, 6) is -1.10. The van der Waals surface area contributed by atoms with Crippen LogP contribution in [0.25, 0.3) is 11.0 Å². The number of carbonyl (C=O) groups excluding carboxylic acids is 5. The zero-order valence-corrected chi connectivity index (χ0v) is 22.3. The Morgan fingerprint density at radius 3 is 2.30 bits per heavy atom. The van der Waals surface area contributed by atoms with E-state index in [0.717, 1.165) is 5.56 Å². The molecule has 1 aromatic heterocycles. The van der Waals surface area contributed by atoms with Crippen LogP contribution in [0.15, 0.2) is 40.8 Å². The van der Waals surface area contributed by atoms with Crippen molar-refractivity contribution in [1.82, 2.24) is 26.2 Å². The van der Waals surface area contributed by atoms with Gasteiger partial charge in [-0.15, -0.1) is 0 Å². The summed E-state index contributed by atoms with van der Waals surface area (Å²) in [7, 11) is 3.02. The second-order valence-corrected chi connectivity index (χ2v) is 10.1. The van der Waals surface area contributed by atoms with Crippen LogP contribution in [0.4, 0.5) is 9.59 Å². The van der Waals surface area contributed by atoms with Crippen LogP contribution in [0.3, 0.4) is 0 Å². The fourth-order valence-electron chi connectivity index (χ4n) is 5.01. The quantitative estimate of drug-likeness (QED) is 0.270. The van der Waals surface area contributed by atoms with E-state index in [1.165, 1.54) is 19.1 Å². The van der Waals surface area contributed by atoms with Gasteiger partial charge in [0.2, 0.25) is 0 Å². The van der Waals surface area contributed by atoms with Crippen molar-refractivity contribution >= 4 is 40.8 Å². The number of amides is 7. The number of benzene rings is 2. The lowest BCUT2D eigenvalue weighted by Crippen LogP contribution is -2.57. The van der Waals surface area contributed by atoms with Crippen molar-refractivity contribution in [3.05, 3.63) is 64.4 Å². The van der Waals surface area contributed by atoms with Gasteiger partial charge >= 0.3 is 12.1 Å². The first-order valence-electron chi connectivity index (χ1n) is 12.3. The zero-order valence-electron chi connectivity index (χ0n) is 22.3. The van der Waals surface area contributed by atoms with E-state index >= 15 is 0 Å². The highest BCUT2D eigenvalue weighted by molar-refractivity contribution is 6.08. The van der Waals surface area contributed by atoms with Crippen LogP contribution in [-0.4, -0.2) is 61.0 Å². The van der Waals surface area contributed by atoms with Gasteiger partial charge in [0.05, 0.1) is 13.7 Å². The number of methoxy groups -OCH3 is 1. The van der Waals surface area contributed by atoms with Crippen LogP contribution in [0.1, 0.15) is 32.8 Å². The molecule has 0 spiro atoms. The highest BCUT2D eigenvalue weighted by atomic mass is 16.5. The number of rotatable bonds is 7. The Balaban J connectivity index is 1.50. The van der Waals surface area contributed by atoms with Crippen molar-refractivity contribution in [2.75, 3.05) is 20.7 Å². The van der Waals surface area contributed by atoms with Gasteiger partial charge in [0.15, 0.2) is 11.2 Å². The normalized spacial score (nSPS) is 22.1. The monoisotopic (exact) mass is 548 g/mol. The van der Waals surface area contributed by atoms with E-state index < -0.39 is 35.1 Å². The second kappa shape index (κ2) is 9.38. The molecule has 2 atom stereocenters. The number of likely N-dealkylation sites (N-methyl/N-ethyl adjacent to an activating group) is 1. The molecule has 0 bridgehead atoms. The van der Waals surface area contributed by atoms with Crippen molar-refractivity contribution in [2.24, 2.45) is 5.73 Å². The van der Waals surface area contributed by atoms with Gasteiger partial charge < -0.3 is 30.4 Å². The topological polar surface area (TPSA) is 185 Å². The molecule has 2 fully saturated rings. The molecule has 40 heavy (non-hydrogen) atoms.